The highest BCUT2D eigenvalue weighted by Crippen LogP contribution is 2.35. The molecule has 0 bridgehead atoms. The molecule has 0 saturated heterocycles. The minimum atomic E-state index is 0.0529. The van der Waals surface area contributed by atoms with E-state index in [1.54, 1.807) is 12.1 Å². The number of nitrogens with one attached hydrogen (secondary N) is 1. The van der Waals surface area contributed by atoms with Crippen molar-refractivity contribution in [3.05, 3.63) is 26.7 Å². The highest BCUT2D eigenvalue weighted by molar-refractivity contribution is 9.10. The van der Waals surface area contributed by atoms with Crippen LogP contribution < -0.4 is 10.1 Å². The Bertz CT molecular complexity index is 424. The molecule has 1 aromatic carbocycles. The van der Waals surface area contributed by atoms with E-state index in [2.05, 4.69) is 48.9 Å². The maximum atomic E-state index is 6.18. The Morgan fingerprint density at radius 1 is 1.16 bits per heavy atom. The zero-order valence-electron chi connectivity index (χ0n) is 11.6. The SMILES string of the molecule is CC(C)NCC(Oc1cc(Cl)c(Br)cc1Cl)C(C)C. The molecule has 1 rings (SSSR count). The molecule has 2 nitrogen and oxygen atoms in total. The summed E-state index contributed by atoms with van der Waals surface area (Å²) < 4.78 is 6.76. The van der Waals surface area contributed by atoms with Crippen LogP contribution in [0.25, 0.3) is 0 Å². The Morgan fingerprint density at radius 3 is 2.32 bits per heavy atom. The molecule has 0 fully saturated rings. The minimum Gasteiger partial charge on any atom is -0.487 e. The van der Waals surface area contributed by atoms with Crippen LogP contribution in [0.5, 0.6) is 5.75 Å². The third kappa shape index (κ3) is 5.50. The lowest BCUT2D eigenvalue weighted by molar-refractivity contribution is 0.146. The molecule has 1 unspecified atom stereocenters. The summed E-state index contributed by atoms with van der Waals surface area (Å²) in [5.74, 6) is 1.00. The molecule has 0 saturated carbocycles. The minimum absolute atomic E-state index is 0.0529. The van der Waals surface area contributed by atoms with Crippen molar-refractivity contribution < 1.29 is 4.74 Å². The molecule has 19 heavy (non-hydrogen) atoms. The van der Waals surface area contributed by atoms with Crippen LogP contribution in [0.3, 0.4) is 0 Å². The van der Waals surface area contributed by atoms with E-state index < -0.39 is 0 Å². The molecule has 0 radical (unpaired) electrons. The van der Waals surface area contributed by atoms with Crippen molar-refractivity contribution in [2.45, 2.75) is 39.8 Å². The second-order valence-corrected chi connectivity index (χ2v) is 6.83. The Labute approximate surface area is 133 Å². The second kappa shape index (κ2) is 7.72. The van der Waals surface area contributed by atoms with Crippen LogP contribution >= 0.6 is 39.1 Å². The maximum Gasteiger partial charge on any atom is 0.139 e. The van der Waals surface area contributed by atoms with Gasteiger partial charge in [0, 0.05) is 23.1 Å². The quantitative estimate of drug-likeness (QED) is 0.700. The van der Waals surface area contributed by atoms with E-state index in [9.17, 15) is 0 Å². The molecule has 0 aliphatic carbocycles. The normalized spacial score (nSPS) is 13.1. The van der Waals surface area contributed by atoms with Gasteiger partial charge in [-0.15, -0.1) is 0 Å². The molecule has 1 N–H and O–H groups in total. The van der Waals surface area contributed by atoms with Gasteiger partial charge in [0.1, 0.15) is 11.9 Å². The predicted octanol–water partition coefficient (Wildman–Crippen LogP) is 5.16. The fourth-order valence-corrected chi connectivity index (χ4v) is 2.36. The predicted molar refractivity (Wildman–Crippen MR) is 86.6 cm³/mol. The fraction of sp³-hybridized carbons (Fsp3) is 0.571. The van der Waals surface area contributed by atoms with Gasteiger partial charge in [0.05, 0.1) is 10.0 Å². The molecule has 0 aliphatic rings. The lowest BCUT2D eigenvalue weighted by Crippen LogP contribution is -2.38. The first kappa shape index (κ1) is 17.1. The van der Waals surface area contributed by atoms with Crippen LogP contribution in [-0.4, -0.2) is 18.7 Å². The molecule has 108 valence electrons. The second-order valence-electron chi connectivity index (χ2n) is 5.16. The average Bonchev–Trinajstić information content (AvgIpc) is 2.30. The summed E-state index contributed by atoms with van der Waals surface area (Å²) in [7, 11) is 0. The monoisotopic (exact) mass is 367 g/mol. The smallest absolute Gasteiger partial charge is 0.139 e. The number of hydrogen-bond donors (Lipinski definition) is 1. The molecule has 0 heterocycles. The topological polar surface area (TPSA) is 21.3 Å². The summed E-state index contributed by atoms with van der Waals surface area (Å²) in [5, 5.41) is 4.54. The molecular formula is C14H20BrCl2NO. The van der Waals surface area contributed by atoms with Crippen molar-refractivity contribution in [1.82, 2.24) is 5.32 Å². The molecule has 1 atom stereocenters. The Balaban J connectivity index is 2.81. The largest absolute Gasteiger partial charge is 0.487 e. The maximum absolute atomic E-state index is 6.18. The summed E-state index contributed by atoms with van der Waals surface area (Å²) in [5.41, 5.74) is 0. The fourth-order valence-electron chi connectivity index (χ4n) is 1.52. The summed E-state index contributed by atoms with van der Waals surface area (Å²) >= 11 is 15.6. The molecule has 1 aromatic rings. The van der Waals surface area contributed by atoms with Gasteiger partial charge in [0.15, 0.2) is 0 Å². The van der Waals surface area contributed by atoms with Crippen molar-refractivity contribution in [2.75, 3.05) is 6.54 Å². The van der Waals surface area contributed by atoms with E-state index in [1.165, 1.54) is 0 Å². The highest BCUT2D eigenvalue weighted by Gasteiger charge is 2.18. The number of rotatable bonds is 6. The number of benzene rings is 1. The number of ether oxygens (including phenoxy) is 1. The molecule has 0 aliphatic heterocycles. The van der Waals surface area contributed by atoms with Crippen LogP contribution in [0.15, 0.2) is 16.6 Å². The first-order valence-electron chi connectivity index (χ1n) is 6.35. The van der Waals surface area contributed by atoms with E-state index in [0.29, 0.717) is 27.8 Å². The van der Waals surface area contributed by atoms with Crippen molar-refractivity contribution in [1.29, 1.82) is 0 Å². The van der Waals surface area contributed by atoms with Crippen LogP contribution in [0.1, 0.15) is 27.7 Å². The number of hydrogen-bond acceptors (Lipinski definition) is 2. The Kier molecular flexibility index (Phi) is 6.95. The summed E-state index contributed by atoms with van der Waals surface area (Å²) in [4.78, 5) is 0. The van der Waals surface area contributed by atoms with Crippen LogP contribution in [0, 0.1) is 5.92 Å². The third-order valence-corrected chi connectivity index (χ3v) is 4.22. The molecule has 0 aromatic heterocycles. The van der Waals surface area contributed by atoms with E-state index in [0.717, 1.165) is 11.0 Å². The van der Waals surface area contributed by atoms with Crippen LogP contribution in [0.4, 0.5) is 0 Å². The standard InChI is InChI=1S/C14H20BrCl2NO/c1-8(2)14(7-18-9(3)4)19-13-6-11(16)10(15)5-12(13)17/h5-6,8-9,14,18H,7H2,1-4H3. The zero-order chi connectivity index (χ0) is 14.6. The third-order valence-electron chi connectivity index (χ3n) is 2.72. The van der Waals surface area contributed by atoms with E-state index in [1.807, 2.05) is 0 Å². The van der Waals surface area contributed by atoms with Crippen molar-refractivity contribution in [3.63, 3.8) is 0 Å². The summed E-state index contributed by atoms with van der Waals surface area (Å²) in [6.07, 6.45) is 0.0529. The average molecular weight is 369 g/mol. The lowest BCUT2D eigenvalue weighted by Gasteiger charge is -2.25. The van der Waals surface area contributed by atoms with Crippen LogP contribution in [0.2, 0.25) is 10.0 Å². The van der Waals surface area contributed by atoms with Gasteiger partial charge in [0.2, 0.25) is 0 Å². The molecular weight excluding hydrogens is 349 g/mol. The van der Waals surface area contributed by atoms with Gasteiger partial charge >= 0.3 is 0 Å². The summed E-state index contributed by atoms with van der Waals surface area (Å²) in [6.45, 7) is 9.25. The van der Waals surface area contributed by atoms with Gasteiger partial charge in [-0.25, -0.2) is 0 Å². The highest BCUT2D eigenvalue weighted by atomic mass is 79.9. The molecule has 5 heteroatoms. The Morgan fingerprint density at radius 2 is 1.79 bits per heavy atom. The van der Waals surface area contributed by atoms with Gasteiger partial charge in [-0.3, -0.25) is 0 Å². The Hall–Kier alpha value is 0.0400. The van der Waals surface area contributed by atoms with Gasteiger partial charge in [0.25, 0.3) is 0 Å². The molecule has 0 amide bonds. The number of halogens is 3. The van der Waals surface area contributed by atoms with Gasteiger partial charge in [-0.2, -0.15) is 0 Å². The van der Waals surface area contributed by atoms with Gasteiger partial charge in [-0.05, 0) is 27.9 Å². The van der Waals surface area contributed by atoms with Gasteiger partial charge < -0.3 is 10.1 Å². The van der Waals surface area contributed by atoms with Crippen molar-refractivity contribution >= 4 is 39.1 Å². The van der Waals surface area contributed by atoms with Crippen molar-refractivity contribution in [3.8, 4) is 5.75 Å². The van der Waals surface area contributed by atoms with Crippen LogP contribution in [-0.2, 0) is 0 Å². The lowest BCUT2D eigenvalue weighted by atomic mass is 10.1. The zero-order valence-corrected chi connectivity index (χ0v) is 14.7. The summed E-state index contributed by atoms with van der Waals surface area (Å²) in [6, 6.07) is 3.93. The molecule has 0 spiro atoms. The van der Waals surface area contributed by atoms with Crippen molar-refractivity contribution in [2.24, 2.45) is 5.92 Å². The first-order valence-corrected chi connectivity index (χ1v) is 7.90. The van der Waals surface area contributed by atoms with E-state index in [4.69, 9.17) is 27.9 Å². The van der Waals surface area contributed by atoms with E-state index >= 15 is 0 Å². The van der Waals surface area contributed by atoms with E-state index in [-0.39, 0.29) is 6.10 Å². The first-order chi connectivity index (χ1) is 8.81. The van der Waals surface area contributed by atoms with Gasteiger partial charge in [-0.1, -0.05) is 50.9 Å².